The fraction of sp³-hybridized carbons (Fsp3) is 0.848. The van der Waals surface area contributed by atoms with E-state index >= 15 is 0 Å². The number of carbonyl (C=O) groups is 3. The van der Waals surface area contributed by atoms with Crippen LogP contribution in [0.15, 0.2) is 12.3 Å². The van der Waals surface area contributed by atoms with Gasteiger partial charge >= 0.3 is 5.97 Å². The number of hydrogen-bond acceptors (Lipinski definition) is 5. The maximum Gasteiger partial charge on any atom is 0.326 e. The molecule has 0 aliphatic carbocycles. The largest absolute Gasteiger partial charge is 0.480 e. The van der Waals surface area contributed by atoms with Crippen LogP contribution in [0.5, 0.6) is 0 Å². The van der Waals surface area contributed by atoms with Gasteiger partial charge < -0.3 is 27.2 Å². The highest BCUT2D eigenvalue weighted by Gasteiger charge is 2.21. The lowest BCUT2D eigenvalue weighted by Crippen LogP contribution is -2.42. The Labute approximate surface area is 251 Å². The number of carboxylic acid groups (broad SMARTS) is 1. The third-order valence-corrected chi connectivity index (χ3v) is 7.73. The highest BCUT2D eigenvalue weighted by Crippen LogP contribution is 2.15. The average Bonchev–Trinajstić information content (AvgIpc) is 2.94. The van der Waals surface area contributed by atoms with Crippen molar-refractivity contribution in [2.45, 2.75) is 173 Å². The molecule has 0 aromatic carbocycles. The van der Waals surface area contributed by atoms with Crippen molar-refractivity contribution < 1.29 is 19.5 Å². The lowest BCUT2D eigenvalue weighted by atomic mass is 10.0. The first-order valence-corrected chi connectivity index (χ1v) is 16.8. The molecule has 7 N–H and O–H groups in total. The second-order valence-corrected chi connectivity index (χ2v) is 11.7. The van der Waals surface area contributed by atoms with E-state index in [-0.39, 0.29) is 24.7 Å². The first-order valence-electron chi connectivity index (χ1n) is 16.8. The van der Waals surface area contributed by atoms with Crippen LogP contribution in [0.4, 0.5) is 0 Å². The number of allylic oxidation sites excluding steroid dienone is 1. The zero-order chi connectivity index (χ0) is 30.6. The highest BCUT2D eigenvalue weighted by atomic mass is 16.4. The Morgan fingerprint density at radius 3 is 1.59 bits per heavy atom. The minimum Gasteiger partial charge on any atom is -0.480 e. The van der Waals surface area contributed by atoms with Gasteiger partial charge in [-0.25, -0.2) is 4.79 Å². The first-order chi connectivity index (χ1) is 19.8. The van der Waals surface area contributed by atoms with Crippen LogP contribution in [-0.4, -0.2) is 41.5 Å². The molecule has 0 fully saturated rings. The van der Waals surface area contributed by atoms with E-state index in [2.05, 4.69) is 24.1 Å². The number of hydrogen-bond donors (Lipinski definition) is 5. The Balaban J connectivity index is 3.75. The molecule has 0 aliphatic heterocycles. The molecule has 0 saturated heterocycles. The molecule has 0 saturated carbocycles. The molecular weight excluding hydrogens is 516 g/mol. The van der Waals surface area contributed by atoms with Gasteiger partial charge in [0.2, 0.25) is 11.8 Å². The topological polar surface area (TPSA) is 148 Å². The van der Waals surface area contributed by atoms with Crippen LogP contribution < -0.4 is 22.1 Å². The molecule has 240 valence electrons. The van der Waals surface area contributed by atoms with Crippen molar-refractivity contribution in [3.05, 3.63) is 12.3 Å². The van der Waals surface area contributed by atoms with Crippen LogP contribution in [0.2, 0.25) is 0 Å². The number of unbranched alkanes of at least 4 members (excludes halogenated alkanes) is 18. The summed E-state index contributed by atoms with van der Waals surface area (Å²) in [5.41, 5.74) is 11.7. The lowest BCUT2D eigenvalue weighted by Gasteiger charge is -2.17. The minimum absolute atomic E-state index is 0.154. The van der Waals surface area contributed by atoms with E-state index < -0.39 is 18.1 Å². The van der Waals surface area contributed by atoms with Crippen molar-refractivity contribution in [2.24, 2.45) is 11.5 Å². The Hall–Kier alpha value is -1.93. The molecule has 0 rings (SSSR count). The van der Waals surface area contributed by atoms with Gasteiger partial charge in [-0.05, 0) is 38.6 Å². The number of carboxylic acids is 1. The van der Waals surface area contributed by atoms with Gasteiger partial charge in [-0.1, -0.05) is 129 Å². The molecule has 8 heteroatoms. The van der Waals surface area contributed by atoms with E-state index in [1.807, 2.05) is 0 Å². The summed E-state index contributed by atoms with van der Waals surface area (Å²) < 4.78 is 0. The number of nitrogens with one attached hydrogen (secondary N) is 2. The van der Waals surface area contributed by atoms with Gasteiger partial charge in [0.1, 0.15) is 6.04 Å². The summed E-state index contributed by atoms with van der Waals surface area (Å²) in [4.78, 5) is 36.0. The van der Waals surface area contributed by atoms with E-state index in [1.165, 1.54) is 96.3 Å². The molecule has 8 nitrogen and oxygen atoms in total. The van der Waals surface area contributed by atoms with E-state index in [1.54, 1.807) is 0 Å². The molecule has 0 bridgehead atoms. The van der Waals surface area contributed by atoms with E-state index in [0.29, 0.717) is 25.1 Å². The summed E-state index contributed by atoms with van der Waals surface area (Å²) in [5, 5.41) is 14.7. The standard InChI is InChI=1S/C33H64N4O4/c1-3-4-5-6-7-8-9-10-11-12-13-14-15-16-17-18-19-20-24-31(38)37-30(33(40)41)26-25-28(2)36-32(39)29(35)23-21-22-27-34/h29-30H,2-27,34-35H2,1H3,(H,36,39)(H,37,38)(H,40,41)/t29-,30?/m0/s1. The fourth-order valence-electron chi connectivity index (χ4n) is 5.00. The Morgan fingerprint density at radius 1 is 0.683 bits per heavy atom. The molecule has 41 heavy (non-hydrogen) atoms. The molecule has 0 heterocycles. The van der Waals surface area contributed by atoms with E-state index in [4.69, 9.17) is 11.5 Å². The van der Waals surface area contributed by atoms with Crippen molar-refractivity contribution in [1.82, 2.24) is 10.6 Å². The third kappa shape index (κ3) is 25.5. The van der Waals surface area contributed by atoms with Gasteiger partial charge in [-0.2, -0.15) is 0 Å². The van der Waals surface area contributed by atoms with Crippen LogP contribution in [0.25, 0.3) is 0 Å². The quantitative estimate of drug-likeness (QED) is 0.0587. The van der Waals surface area contributed by atoms with Gasteiger partial charge in [0.15, 0.2) is 0 Å². The van der Waals surface area contributed by atoms with Crippen LogP contribution in [0.1, 0.15) is 161 Å². The maximum atomic E-state index is 12.3. The number of amides is 2. The molecule has 0 aromatic rings. The van der Waals surface area contributed by atoms with E-state index in [9.17, 15) is 19.5 Å². The smallest absolute Gasteiger partial charge is 0.326 e. The maximum absolute atomic E-state index is 12.3. The Bertz CT molecular complexity index is 686. The minimum atomic E-state index is -1.09. The van der Waals surface area contributed by atoms with Crippen LogP contribution >= 0.6 is 0 Å². The number of rotatable bonds is 30. The second kappa shape index (κ2) is 28.2. The van der Waals surface area contributed by atoms with Gasteiger partial charge in [-0.15, -0.1) is 0 Å². The van der Waals surface area contributed by atoms with Gasteiger partial charge in [0.05, 0.1) is 6.04 Å². The first kappa shape index (κ1) is 39.1. The van der Waals surface area contributed by atoms with Gasteiger partial charge in [0, 0.05) is 12.1 Å². The molecule has 0 spiro atoms. The zero-order valence-corrected chi connectivity index (χ0v) is 26.4. The molecule has 2 amide bonds. The fourth-order valence-corrected chi connectivity index (χ4v) is 5.00. The molecule has 0 radical (unpaired) electrons. The predicted molar refractivity (Wildman–Crippen MR) is 170 cm³/mol. The lowest BCUT2D eigenvalue weighted by molar-refractivity contribution is -0.142. The van der Waals surface area contributed by atoms with Crippen LogP contribution in [-0.2, 0) is 14.4 Å². The summed E-state index contributed by atoms with van der Waals surface area (Å²) in [5.74, 6) is -1.67. The second-order valence-electron chi connectivity index (χ2n) is 11.7. The summed E-state index contributed by atoms with van der Waals surface area (Å²) in [7, 11) is 0. The molecule has 2 atom stereocenters. The normalized spacial score (nSPS) is 12.6. The molecule has 0 aromatic heterocycles. The van der Waals surface area contributed by atoms with Crippen molar-refractivity contribution in [1.29, 1.82) is 0 Å². The third-order valence-electron chi connectivity index (χ3n) is 7.73. The number of nitrogens with two attached hydrogens (primary N) is 2. The molecule has 0 aliphatic rings. The SMILES string of the molecule is C=C(CCC(NC(=O)CCCCCCCCCCCCCCCCCCCC)C(=O)O)NC(=O)[C@@H](N)CCCCN. The van der Waals surface area contributed by atoms with Gasteiger partial charge in [-0.3, -0.25) is 9.59 Å². The summed E-state index contributed by atoms with van der Waals surface area (Å²) in [6.45, 7) is 6.63. The molecule has 1 unspecified atom stereocenters. The monoisotopic (exact) mass is 580 g/mol. The Morgan fingerprint density at radius 2 is 1.15 bits per heavy atom. The number of aliphatic carboxylic acids is 1. The van der Waals surface area contributed by atoms with Gasteiger partial charge in [0.25, 0.3) is 0 Å². The highest BCUT2D eigenvalue weighted by molar-refractivity contribution is 5.84. The summed E-state index contributed by atoms with van der Waals surface area (Å²) in [6.07, 6.45) is 26.1. The van der Waals surface area contributed by atoms with Crippen molar-refractivity contribution in [3.8, 4) is 0 Å². The predicted octanol–water partition coefficient (Wildman–Crippen LogP) is 6.85. The zero-order valence-electron chi connectivity index (χ0n) is 26.4. The summed E-state index contributed by atoms with van der Waals surface area (Å²) in [6, 6.07) is -1.66. The molecular formula is C33H64N4O4. The van der Waals surface area contributed by atoms with Crippen LogP contribution in [0, 0.1) is 0 Å². The summed E-state index contributed by atoms with van der Waals surface area (Å²) >= 11 is 0. The van der Waals surface area contributed by atoms with E-state index in [0.717, 1.165) is 32.1 Å². The Kier molecular flexibility index (Phi) is 26.9. The van der Waals surface area contributed by atoms with Crippen LogP contribution in [0.3, 0.4) is 0 Å². The van der Waals surface area contributed by atoms with Crippen molar-refractivity contribution in [3.63, 3.8) is 0 Å². The van der Waals surface area contributed by atoms with Crippen molar-refractivity contribution >= 4 is 17.8 Å². The number of carbonyl (C=O) groups excluding carboxylic acids is 2. The van der Waals surface area contributed by atoms with Crippen molar-refractivity contribution in [2.75, 3.05) is 6.54 Å². The average molecular weight is 581 g/mol.